The van der Waals surface area contributed by atoms with Gasteiger partial charge in [-0.3, -0.25) is 9.69 Å². The van der Waals surface area contributed by atoms with Crippen LogP contribution >= 0.6 is 0 Å². The van der Waals surface area contributed by atoms with Crippen molar-refractivity contribution in [2.45, 2.75) is 31.2 Å². The summed E-state index contributed by atoms with van der Waals surface area (Å²) in [4.78, 5) is 17.7. The molecular formula is C25H35N3O. The number of benzene rings is 2. The maximum atomic E-state index is 13.3. The summed E-state index contributed by atoms with van der Waals surface area (Å²) in [7, 11) is 6.26. The molecule has 0 spiro atoms. The largest absolute Gasteiger partial charge is 0.342 e. The normalized spacial score (nSPS) is 17.3. The monoisotopic (exact) mass is 393 g/mol. The Hall–Kier alpha value is -2.17. The van der Waals surface area contributed by atoms with E-state index in [4.69, 9.17) is 0 Å². The number of hydrogen-bond acceptors (Lipinski definition) is 3. The third-order valence-electron chi connectivity index (χ3n) is 6.49. The van der Waals surface area contributed by atoms with Crippen LogP contribution in [0.25, 0.3) is 0 Å². The van der Waals surface area contributed by atoms with Gasteiger partial charge in [0.05, 0.1) is 5.92 Å². The van der Waals surface area contributed by atoms with E-state index in [1.165, 1.54) is 11.1 Å². The summed E-state index contributed by atoms with van der Waals surface area (Å²) in [6.07, 6.45) is 3.78. The number of aryl methyl sites for hydroxylation is 1. The van der Waals surface area contributed by atoms with Crippen LogP contribution in [-0.4, -0.2) is 56.5 Å². The molecule has 1 fully saturated rings. The van der Waals surface area contributed by atoms with Gasteiger partial charge < -0.3 is 10.2 Å². The lowest BCUT2D eigenvalue weighted by molar-refractivity contribution is -0.138. The van der Waals surface area contributed by atoms with Crippen molar-refractivity contribution in [3.8, 4) is 0 Å². The van der Waals surface area contributed by atoms with Crippen molar-refractivity contribution in [1.82, 2.24) is 15.1 Å². The fourth-order valence-electron chi connectivity index (χ4n) is 4.64. The molecule has 0 saturated carbocycles. The van der Waals surface area contributed by atoms with Gasteiger partial charge in [-0.2, -0.15) is 0 Å². The van der Waals surface area contributed by atoms with E-state index in [1.807, 2.05) is 13.1 Å². The van der Waals surface area contributed by atoms with Crippen molar-refractivity contribution in [1.29, 1.82) is 0 Å². The second kappa shape index (κ2) is 10.0. The Morgan fingerprint density at radius 3 is 2.17 bits per heavy atom. The van der Waals surface area contributed by atoms with Crippen LogP contribution < -0.4 is 5.32 Å². The number of hydrogen-bond donors (Lipinski definition) is 1. The van der Waals surface area contributed by atoms with Gasteiger partial charge in [0.25, 0.3) is 0 Å². The molecule has 4 heteroatoms. The predicted molar refractivity (Wildman–Crippen MR) is 120 cm³/mol. The molecular weight excluding hydrogens is 358 g/mol. The molecule has 0 radical (unpaired) electrons. The molecule has 156 valence electrons. The van der Waals surface area contributed by atoms with Crippen LogP contribution in [0.15, 0.2) is 60.7 Å². The molecule has 1 N–H and O–H groups in total. The van der Waals surface area contributed by atoms with E-state index in [2.05, 4.69) is 83.8 Å². The maximum Gasteiger partial charge on any atom is 0.226 e. The molecule has 1 heterocycles. The molecule has 1 aliphatic rings. The number of nitrogens with zero attached hydrogens (tertiary/aromatic N) is 2. The van der Waals surface area contributed by atoms with Crippen LogP contribution in [0, 0.1) is 5.92 Å². The zero-order valence-corrected chi connectivity index (χ0v) is 18.1. The first kappa shape index (κ1) is 21.5. The summed E-state index contributed by atoms with van der Waals surface area (Å²) in [6, 6.07) is 21.2. The van der Waals surface area contributed by atoms with Gasteiger partial charge in [-0.15, -0.1) is 0 Å². The highest BCUT2D eigenvalue weighted by atomic mass is 16.2. The van der Waals surface area contributed by atoms with E-state index >= 15 is 0 Å². The smallest absolute Gasteiger partial charge is 0.226 e. The quantitative estimate of drug-likeness (QED) is 0.745. The van der Waals surface area contributed by atoms with Crippen molar-refractivity contribution in [3.63, 3.8) is 0 Å². The highest BCUT2D eigenvalue weighted by Crippen LogP contribution is 2.37. The first-order valence-electron chi connectivity index (χ1n) is 10.8. The zero-order valence-electron chi connectivity index (χ0n) is 18.1. The van der Waals surface area contributed by atoms with Crippen LogP contribution in [0.5, 0.6) is 0 Å². The van der Waals surface area contributed by atoms with Gasteiger partial charge in [0.15, 0.2) is 0 Å². The van der Waals surface area contributed by atoms with E-state index in [1.54, 1.807) is 0 Å². The second-order valence-corrected chi connectivity index (χ2v) is 8.40. The van der Waals surface area contributed by atoms with Crippen molar-refractivity contribution < 1.29 is 4.79 Å². The lowest BCUT2D eigenvalue weighted by Crippen LogP contribution is -2.53. The minimum Gasteiger partial charge on any atom is -0.342 e. The molecule has 2 aromatic rings. The van der Waals surface area contributed by atoms with E-state index in [-0.39, 0.29) is 11.5 Å². The average molecular weight is 394 g/mol. The SMILES string of the molecule is CNCC(CCc1ccccc1)C(=O)N1CCC(c2ccccc2)(N(C)C)CC1. The first-order valence-corrected chi connectivity index (χ1v) is 10.8. The van der Waals surface area contributed by atoms with Gasteiger partial charge >= 0.3 is 0 Å². The van der Waals surface area contributed by atoms with Gasteiger partial charge in [0, 0.05) is 25.2 Å². The molecule has 29 heavy (non-hydrogen) atoms. The summed E-state index contributed by atoms with van der Waals surface area (Å²) >= 11 is 0. The number of carbonyl (C=O) groups excluding carboxylic acids is 1. The Morgan fingerprint density at radius 1 is 1.03 bits per heavy atom. The van der Waals surface area contributed by atoms with Gasteiger partial charge in [-0.05, 0) is 58.0 Å². The fraction of sp³-hybridized carbons (Fsp3) is 0.480. The van der Waals surface area contributed by atoms with Crippen molar-refractivity contribution in [2.24, 2.45) is 5.92 Å². The number of carbonyl (C=O) groups is 1. The number of piperidine rings is 1. The molecule has 3 rings (SSSR count). The number of nitrogens with one attached hydrogen (secondary N) is 1. The van der Waals surface area contributed by atoms with Gasteiger partial charge in [-0.1, -0.05) is 60.7 Å². The van der Waals surface area contributed by atoms with Crippen molar-refractivity contribution in [3.05, 3.63) is 71.8 Å². The maximum absolute atomic E-state index is 13.3. The van der Waals surface area contributed by atoms with Crippen LogP contribution in [0.3, 0.4) is 0 Å². The molecule has 0 aromatic heterocycles. The number of likely N-dealkylation sites (tertiary alicyclic amines) is 1. The standard InChI is InChI=1S/C25H35N3O/c1-26-20-22(15-14-21-10-6-4-7-11-21)24(29)28-18-16-25(17-19-28,27(2)3)23-12-8-5-9-13-23/h4-13,22,26H,14-20H2,1-3H3. The van der Waals surface area contributed by atoms with Crippen molar-refractivity contribution >= 4 is 5.91 Å². The predicted octanol–water partition coefficient (Wildman–Crippen LogP) is 3.53. The van der Waals surface area contributed by atoms with Crippen LogP contribution in [0.2, 0.25) is 0 Å². The molecule has 1 saturated heterocycles. The Balaban J connectivity index is 1.65. The molecule has 2 aromatic carbocycles. The number of amides is 1. The molecule has 1 atom stereocenters. The fourth-order valence-corrected chi connectivity index (χ4v) is 4.64. The highest BCUT2D eigenvalue weighted by molar-refractivity contribution is 5.79. The molecule has 0 bridgehead atoms. The zero-order chi connectivity index (χ0) is 20.7. The van der Waals surface area contributed by atoms with Crippen LogP contribution in [0.4, 0.5) is 0 Å². The third-order valence-corrected chi connectivity index (χ3v) is 6.49. The third kappa shape index (κ3) is 5.06. The molecule has 4 nitrogen and oxygen atoms in total. The Labute approximate surface area is 175 Å². The van der Waals surface area contributed by atoms with E-state index in [0.29, 0.717) is 5.91 Å². The Kier molecular flexibility index (Phi) is 7.45. The molecule has 1 amide bonds. The lowest BCUT2D eigenvalue weighted by atomic mass is 9.79. The topological polar surface area (TPSA) is 35.6 Å². The minimum atomic E-state index is 0.0145. The summed E-state index contributed by atoms with van der Waals surface area (Å²) < 4.78 is 0. The Bertz CT molecular complexity index is 752. The van der Waals surface area contributed by atoms with Crippen LogP contribution in [0.1, 0.15) is 30.4 Å². The summed E-state index contributed by atoms with van der Waals surface area (Å²) in [5.74, 6) is 0.333. The number of rotatable bonds is 8. The van der Waals surface area contributed by atoms with Gasteiger partial charge in [0.2, 0.25) is 5.91 Å². The molecule has 1 aliphatic heterocycles. The second-order valence-electron chi connectivity index (χ2n) is 8.40. The molecule has 0 aliphatic carbocycles. The molecule has 1 unspecified atom stereocenters. The summed E-state index contributed by atoms with van der Waals surface area (Å²) in [6.45, 7) is 2.37. The highest BCUT2D eigenvalue weighted by Gasteiger charge is 2.40. The van der Waals surface area contributed by atoms with E-state index < -0.39 is 0 Å². The lowest BCUT2D eigenvalue weighted by Gasteiger charge is -2.47. The van der Waals surface area contributed by atoms with Gasteiger partial charge in [-0.25, -0.2) is 0 Å². The van der Waals surface area contributed by atoms with E-state index in [9.17, 15) is 4.79 Å². The Morgan fingerprint density at radius 2 is 1.62 bits per heavy atom. The average Bonchev–Trinajstić information content (AvgIpc) is 2.77. The van der Waals surface area contributed by atoms with Crippen LogP contribution in [-0.2, 0) is 16.8 Å². The summed E-state index contributed by atoms with van der Waals surface area (Å²) in [5, 5.41) is 3.23. The van der Waals surface area contributed by atoms with Gasteiger partial charge in [0.1, 0.15) is 0 Å². The first-order chi connectivity index (χ1) is 14.1. The van der Waals surface area contributed by atoms with E-state index in [0.717, 1.165) is 45.3 Å². The van der Waals surface area contributed by atoms with Crippen molar-refractivity contribution in [2.75, 3.05) is 40.8 Å². The summed E-state index contributed by atoms with van der Waals surface area (Å²) in [5.41, 5.74) is 2.67. The minimum absolute atomic E-state index is 0.0145.